The van der Waals surface area contributed by atoms with Gasteiger partial charge in [0.1, 0.15) is 22.2 Å². The van der Waals surface area contributed by atoms with E-state index in [2.05, 4.69) is 4.98 Å². The molecule has 7 heteroatoms. The first-order valence-electron chi connectivity index (χ1n) is 8.01. The average molecular weight is 352 g/mol. The summed E-state index contributed by atoms with van der Waals surface area (Å²) in [5, 5.41) is 0. The Labute approximate surface area is 143 Å². The molecule has 0 saturated heterocycles. The molecule has 24 heavy (non-hydrogen) atoms. The number of aromatic nitrogens is 2. The van der Waals surface area contributed by atoms with Crippen LogP contribution in [-0.4, -0.2) is 30.6 Å². The fraction of sp³-hybridized carbons (Fsp3) is 0.471. The number of rotatable bonds is 7. The van der Waals surface area contributed by atoms with Gasteiger partial charge in [-0.05, 0) is 32.4 Å². The molecule has 2 aromatic rings. The van der Waals surface area contributed by atoms with Gasteiger partial charge in [0.15, 0.2) is 0 Å². The zero-order valence-corrected chi connectivity index (χ0v) is 15.6. The number of aryl methyl sites for hydroxylation is 1. The molecule has 1 heterocycles. The van der Waals surface area contributed by atoms with Crippen molar-refractivity contribution >= 4 is 10.0 Å². The minimum absolute atomic E-state index is 0.0258. The van der Waals surface area contributed by atoms with Gasteiger partial charge in [0.2, 0.25) is 0 Å². The molecule has 6 nitrogen and oxygen atoms in total. The van der Waals surface area contributed by atoms with Crippen LogP contribution in [0.15, 0.2) is 29.4 Å². The van der Waals surface area contributed by atoms with E-state index in [0.29, 0.717) is 30.5 Å². The Kier molecular flexibility index (Phi) is 5.54. The predicted octanol–water partition coefficient (Wildman–Crippen LogP) is 3.35. The summed E-state index contributed by atoms with van der Waals surface area (Å²) < 4.78 is 38.7. The quantitative estimate of drug-likeness (QED) is 0.764. The van der Waals surface area contributed by atoms with E-state index in [4.69, 9.17) is 9.47 Å². The van der Waals surface area contributed by atoms with Gasteiger partial charge in [0.25, 0.3) is 10.0 Å². The van der Waals surface area contributed by atoms with Crippen molar-refractivity contribution in [1.29, 1.82) is 0 Å². The van der Waals surface area contributed by atoms with Gasteiger partial charge in [-0.25, -0.2) is 17.4 Å². The van der Waals surface area contributed by atoms with Gasteiger partial charge < -0.3 is 9.47 Å². The first-order chi connectivity index (χ1) is 11.3. The Bertz CT molecular complexity index is 810. The third-order valence-corrected chi connectivity index (χ3v) is 5.23. The Morgan fingerprint density at radius 3 is 2.33 bits per heavy atom. The summed E-state index contributed by atoms with van der Waals surface area (Å²) in [5.74, 6) is 1.31. The summed E-state index contributed by atoms with van der Waals surface area (Å²) >= 11 is 0. The normalized spacial score (nSPS) is 11.8. The van der Waals surface area contributed by atoms with Crippen molar-refractivity contribution in [2.24, 2.45) is 0 Å². The van der Waals surface area contributed by atoms with Gasteiger partial charge in [0, 0.05) is 24.4 Å². The number of nitrogens with zero attached hydrogens (tertiary/aromatic N) is 2. The highest BCUT2D eigenvalue weighted by Gasteiger charge is 2.27. The first-order valence-corrected chi connectivity index (χ1v) is 9.45. The van der Waals surface area contributed by atoms with Crippen LogP contribution in [0.4, 0.5) is 0 Å². The van der Waals surface area contributed by atoms with Gasteiger partial charge in [-0.3, -0.25) is 0 Å². The lowest BCUT2D eigenvalue weighted by molar-refractivity contribution is 0.320. The molecule has 132 valence electrons. The number of benzene rings is 1. The molecular formula is C17H24N2O4S. The van der Waals surface area contributed by atoms with E-state index in [0.717, 1.165) is 5.56 Å². The van der Waals surface area contributed by atoms with Crippen molar-refractivity contribution in [2.75, 3.05) is 13.2 Å². The highest BCUT2D eigenvalue weighted by atomic mass is 32.2. The zero-order chi connectivity index (χ0) is 17.9. The summed E-state index contributed by atoms with van der Waals surface area (Å²) in [5.41, 5.74) is 0.828. The van der Waals surface area contributed by atoms with Gasteiger partial charge >= 0.3 is 0 Å². The van der Waals surface area contributed by atoms with Crippen molar-refractivity contribution in [3.63, 3.8) is 0 Å². The van der Waals surface area contributed by atoms with Crippen molar-refractivity contribution < 1.29 is 17.9 Å². The summed E-state index contributed by atoms with van der Waals surface area (Å²) in [6.45, 7) is 10.2. The second-order valence-electron chi connectivity index (χ2n) is 5.67. The van der Waals surface area contributed by atoms with Crippen molar-refractivity contribution in [3.8, 4) is 11.5 Å². The number of ether oxygens (including phenoxy) is 2. The lowest BCUT2D eigenvalue weighted by atomic mass is 10.2. The van der Waals surface area contributed by atoms with E-state index in [1.54, 1.807) is 6.07 Å². The Morgan fingerprint density at radius 2 is 1.75 bits per heavy atom. The molecule has 1 aromatic carbocycles. The van der Waals surface area contributed by atoms with Crippen molar-refractivity contribution in [2.45, 2.75) is 45.4 Å². The molecule has 2 rings (SSSR count). The molecule has 0 amide bonds. The number of hydrogen-bond donors (Lipinski definition) is 0. The molecule has 0 unspecified atom stereocenters. The maximum absolute atomic E-state index is 13.2. The van der Waals surface area contributed by atoms with Crippen LogP contribution >= 0.6 is 0 Å². The highest BCUT2D eigenvalue weighted by molar-refractivity contribution is 7.90. The van der Waals surface area contributed by atoms with Crippen LogP contribution in [-0.2, 0) is 10.0 Å². The molecule has 0 aliphatic rings. The highest BCUT2D eigenvalue weighted by Crippen LogP contribution is 2.34. The molecule has 0 bridgehead atoms. The Morgan fingerprint density at radius 1 is 1.12 bits per heavy atom. The van der Waals surface area contributed by atoms with Crippen molar-refractivity contribution in [1.82, 2.24) is 8.96 Å². The van der Waals surface area contributed by atoms with E-state index in [1.807, 2.05) is 34.6 Å². The van der Waals surface area contributed by atoms with E-state index >= 15 is 0 Å². The number of hydrogen-bond acceptors (Lipinski definition) is 5. The Hall–Kier alpha value is -2.02. The molecule has 0 fully saturated rings. The third kappa shape index (κ3) is 3.40. The molecule has 0 N–H and O–H groups in total. The van der Waals surface area contributed by atoms with Crippen LogP contribution in [0, 0.1) is 6.92 Å². The fourth-order valence-corrected chi connectivity index (χ4v) is 4.00. The predicted molar refractivity (Wildman–Crippen MR) is 92.4 cm³/mol. The first kappa shape index (κ1) is 18.3. The third-order valence-electron chi connectivity index (χ3n) is 3.53. The summed E-state index contributed by atoms with van der Waals surface area (Å²) in [6, 6.07) is 3.23. The lowest BCUT2D eigenvalue weighted by Crippen LogP contribution is -2.17. The van der Waals surface area contributed by atoms with E-state index < -0.39 is 10.0 Å². The van der Waals surface area contributed by atoms with Gasteiger partial charge in [0.05, 0.1) is 13.2 Å². The smallest absolute Gasteiger partial charge is 0.272 e. The molecule has 0 aliphatic carbocycles. The van der Waals surface area contributed by atoms with E-state index in [-0.39, 0.29) is 10.8 Å². The minimum atomic E-state index is -3.83. The van der Waals surface area contributed by atoms with Crippen LogP contribution in [0.25, 0.3) is 0 Å². The molecular weight excluding hydrogens is 328 g/mol. The second kappa shape index (κ2) is 7.25. The maximum atomic E-state index is 13.2. The second-order valence-corrected chi connectivity index (χ2v) is 7.45. The lowest BCUT2D eigenvalue weighted by Gasteiger charge is -2.17. The zero-order valence-electron chi connectivity index (χ0n) is 14.7. The molecule has 0 saturated carbocycles. The number of imidazole rings is 1. The summed E-state index contributed by atoms with van der Waals surface area (Å²) in [6.07, 6.45) is 2.95. The standard InChI is InChI=1S/C17H24N2O4S/c1-6-22-14-11-16(15(23-7-2)10-13(14)5)24(20,21)19-9-8-18-17(19)12(3)4/h8-12H,6-7H2,1-5H3. The molecule has 0 aliphatic heterocycles. The summed E-state index contributed by atoms with van der Waals surface area (Å²) in [7, 11) is -3.83. The maximum Gasteiger partial charge on any atom is 0.272 e. The molecule has 1 aromatic heterocycles. The molecule has 0 radical (unpaired) electrons. The molecule has 0 atom stereocenters. The van der Waals surface area contributed by atoms with Gasteiger partial charge in [-0.2, -0.15) is 0 Å². The summed E-state index contributed by atoms with van der Waals surface area (Å²) in [4.78, 5) is 4.25. The molecule has 0 spiro atoms. The van der Waals surface area contributed by atoms with Crippen molar-refractivity contribution in [3.05, 3.63) is 35.9 Å². The average Bonchev–Trinajstić information content (AvgIpc) is 3.00. The van der Waals surface area contributed by atoms with Gasteiger partial charge in [-0.15, -0.1) is 0 Å². The van der Waals surface area contributed by atoms with E-state index in [9.17, 15) is 8.42 Å². The Balaban J connectivity index is 2.67. The largest absolute Gasteiger partial charge is 0.494 e. The van der Waals surface area contributed by atoms with Crippen LogP contribution < -0.4 is 9.47 Å². The minimum Gasteiger partial charge on any atom is -0.494 e. The van der Waals surface area contributed by atoms with Crippen LogP contribution in [0.3, 0.4) is 0 Å². The fourth-order valence-electron chi connectivity index (χ4n) is 2.44. The van der Waals surface area contributed by atoms with Crippen LogP contribution in [0.2, 0.25) is 0 Å². The van der Waals surface area contributed by atoms with Gasteiger partial charge in [-0.1, -0.05) is 13.8 Å². The SMILES string of the molecule is CCOc1cc(S(=O)(=O)n2ccnc2C(C)C)c(OCC)cc1C. The monoisotopic (exact) mass is 352 g/mol. The van der Waals surface area contributed by atoms with Crippen LogP contribution in [0.5, 0.6) is 11.5 Å². The van der Waals surface area contributed by atoms with E-state index in [1.165, 1.54) is 22.4 Å². The van der Waals surface area contributed by atoms with Crippen LogP contribution in [0.1, 0.15) is 45.0 Å². The topological polar surface area (TPSA) is 70.4 Å².